The van der Waals surface area contributed by atoms with Crippen LogP contribution in [0.2, 0.25) is 0 Å². The normalized spacial score (nSPS) is 13.1. The Morgan fingerprint density at radius 2 is 2.14 bits per heavy atom. The van der Waals surface area contributed by atoms with Gasteiger partial charge >= 0.3 is 5.69 Å². The Morgan fingerprint density at radius 1 is 1.45 bits per heavy atom. The molecule has 0 spiro atoms. The smallest absolute Gasteiger partial charge is 0.346 e. The van der Waals surface area contributed by atoms with Crippen molar-refractivity contribution in [3.05, 3.63) is 38.7 Å². The Kier molecular flexibility index (Phi) is 4.55. The Hall–Kier alpha value is -1.89. The number of hydrogen-bond donors (Lipinski definition) is 1. The molecule has 1 unspecified atom stereocenters. The van der Waals surface area contributed by atoms with E-state index in [9.17, 15) is 9.59 Å². The van der Waals surface area contributed by atoms with Gasteiger partial charge in [-0.05, 0) is 46.1 Å². The third-order valence-electron chi connectivity index (χ3n) is 3.33. The maximum atomic E-state index is 12.4. The van der Waals surface area contributed by atoms with Crippen molar-refractivity contribution in [3.63, 3.8) is 0 Å². The number of aryl methyl sites for hydroxylation is 1. The van der Waals surface area contributed by atoms with Crippen LogP contribution in [0.4, 0.5) is 0 Å². The highest BCUT2D eigenvalue weighted by Gasteiger charge is 2.22. The average Bonchev–Trinajstić information content (AvgIpc) is 3.01. The summed E-state index contributed by atoms with van der Waals surface area (Å²) in [6.45, 7) is 9.37. The number of rotatable bonds is 4. The molecule has 0 saturated heterocycles. The number of hydrogen-bond acceptors (Lipinski definition) is 4. The van der Waals surface area contributed by atoms with E-state index in [-0.39, 0.29) is 24.2 Å². The van der Waals surface area contributed by atoms with E-state index in [1.165, 1.54) is 9.25 Å². The minimum Gasteiger partial charge on any atom is -0.347 e. The zero-order valence-electron chi connectivity index (χ0n) is 13.6. The SMILES string of the molecule is Cc1nn(C(C)(C)C)c(=O)n1CC(=O)NC(C)c1cccs1. The number of nitrogens with zero attached hydrogens (tertiary/aromatic N) is 3. The number of aromatic nitrogens is 3. The largest absolute Gasteiger partial charge is 0.347 e. The Balaban J connectivity index is 2.13. The van der Waals surface area contributed by atoms with Gasteiger partial charge in [-0.2, -0.15) is 5.10 Å². The summed E-state index contributed by atoms with van der Waals surface area (Å²) in [7, 11) is 0. The summed E-state index contributed by atoms with van der Waals surface area (Å²) in [6, 6.07) is 3.86. The van der Waals surface area contributed by atoms with E-state index in [0.717, 1.165) is 4.88 Å². The lowest BCUT2D eigenvalue weighted by Crippen LogP contribution is -2.38. The van der Waals surface area contributed by atoms with E-state index >= 15 is 0 Å². The third-order valence-corrected chi connectivity index (χ3v) is 4.39. The van der Waals surface area contributed by atoms with Gasteiger partial charge in [-0.1, -0.05) is 6.07 Å². The predicted octanol–water partition coefficient (Wildman–Crippen LogP) is 2.05. The molecule has 1 N–H and O–H groups in total. The highest BCUT2D eigenvalue weighted by atomic mass is 32.1. The van der Waals surface area contributed by atoms with E-state index in [2.05, 4.69) is 10.4 Å². The van der Waals surface area contributed by atoms with Gasteiger partial charge in [-0.15, -0.1) is 11.3 Å². The van der Waals surface area contributed by atoms with Gasteiger partial charge in [-0.3, -0.25) is 9.36 Å². The van der Waals surface area contributed by atoms with E-state index in [1.807, 2.05) is 45.2 Å². The molecule has 0 bridgehead atoms. The quantitative estimate of drug-likeness (QED) is 0.936. The first-order chi connectivity index (χ1) is 10.2. The Morgan fingerprint density at radius 3 is 2.64 bits per heavy atom. The zero-order valence-corrected chi connectivity index (χ0v) is 14.4. The summed E-state index contributed by atoms with van der Waals surface area (Å²) in [5, 5.41) is 9.13. The van der Waals surface area contributed by atoms with Gasteiger partial charge in [0.25, 0.3) is 0 Å². The molecular weight excluding hydrogens is 300 g/mol. The van der Waals surface area contributed by atoms with Gasteiger partial charge in [0, 0.05) is 4.88 Å². The lowest BCUT2D eigenvalue weighted by molar-refractivity contribution is -0.122. The number of thiophene rings is 1. The number of carbonyl (C=O) groups is 1. The first-order valence-electron chi connectivity index (χ1n) is 7.20. The zero-order chi connectivity index (χ0) is 16.5. The molecule has 0 radical (unpaired) electrons. The molecule has 0 aromatic carbocycles. The summed E-state index contributed by atoms with van der Waals surface area (Å²) >= 11 is 1.59. The topological polar surface area (TPSA) is 68.9 Å². The summed E-state index contributed by atoms with van der Waals surface area (Å²) in [4.78, 5) is 25.6. The van der Waals surface area contributed by atoms with Crippen molar-refractivity contribution in [2.75, 3.05) is 0 Å². The molecule has 2 aromatic heterocycles. The van der Waals surface area contributed by atoms with Crippen LogP contribution in [-0.4, -0.2) is 20.3 Å². The van der Waals surface area contributed by atoms with E-state index in [0.29, 0.717) is 5.82 Å². The minimum absolute atomic E-state index is 0.0174. The Bertz CT molecular complexity index is 707. The van der Waals surface area contributed by atoms with Crippen LogP contribution >= 0.6 is 11.3 Å². The Labute approximate surface area is 133 Å². The molecule has 0 saturated carbocycles. The molecule has 6 nitrogen and oxygen atoms in total. The second kappa shape index (κ2) is 6.08. The first-order valence-corrected chi connectivity index (χ1v) is 8.08. The van der Waals surface area contributed by atoms with Gasteiger partial charge in [0.05, 0.1) is 11.6 Å². The fourth-order valence-electron chi connectivity index (χ4n) is 2.15. The van der Waals surface area contributed by atoms with Crippen LogP contribution < -0.4 is 11.0 Å². The van der Waals surface area contributed by atoms with Crippen LogP contribution in [0.5, 0.6) is 0 Å². The molecule has 120 valence electrons. The molecule has 2 rings (SSSR count). The number of carbonyl (C=O) groups excluding carboxylic acids is 1. The fourth-order valence-corrected chi connectivity index (χ4v) is 2.89. The van der Waals surface area contributed by atoms with Crippen LogP contribution in [0.25, 0.3) is 0 Å². The minimum atomic E-state index is -0.409. The maximum absolute atomic E-state index is 12.4. The third kappa shape index (κ3) is 3.47. The molecule has 2 heterocycles. The molecule has 0 fully saturated rings. The fraction of sp³-hybridized carbons (Fsp3) is 0.533. The molecule has 1 amide bonds. The molecular formula is C15H22N4O2S. The molecule has 0 aliphatic carbocycles. The van der Waals surface area contributed by atoms with Gasteiger partial charge in [0.2, 0.25) is 5.91 Å². The summed E-state index contributed by atoms with van der Waals surface area (Å²) in [6.07, 6.45) is 0. The van der Waals surface area contributed by atoms with Gasteiger partial charge in [-0.25, -0.2) is 9.48 Å². The lowest BCUT2D eigenvalue weighted by Gasteiger charge is -2.17. The van der Waals surface area contributed by atoms with Crippen molar-refractivity contribution in [1.82, 2.24) is 19.7 Å². The number of amides is 1. The van der Waals surface area contributed by atoms with Crippen molar-refractivity contribution in [2.45, 2.75) is 52.7 Å². The monoisotopic (exact) mass is 322 g/mol. The molecule has 7 heteroatoms. The average molecular weight is 322 g/mol. The van der Waals surface area contributed by atoms with Crippen molar-refractivity contribution in [3.8, 4) is 0 Å². The van der Waals surface area contributed by atoms with E-state index in [4.69, 9.17) is 0 Å². The molecule has 0 aliphatic rings. The molecule has 1 atom stereocenters. The van der Waals surface area contributed by atoms with E-state index in [1.54, 1.807) is 18.3 Å². The van der Waals surface area contributed by atoms with Crippen LogP contribution in [0, 0.1) is 6.92 Å². The van der Waals surface area contributed by atoms with E-state index < -0.39 is 5.54 Å². The second-order valence-electron chi connectivity index (χ2n) is 6.30. The van der Waals surface area contributed by atoms with Crippen molar-refractivity contribution in [2.24, 2.45) is 0 Å². The lowest BCUT2D eigenvalue weighted by atomic mass is 10.1. The highest BCUT2D eigenvalue weighted by molar-refractivity contribution is 7.10. The predicted molar refractivity (Wildman–Crippen MR) is 87.1 cm³/mol. The number of nitrogens with one attached hydrogen (secondary N) is 1. The highest BCUT2D eigenvalue weighted by Crippen LogP contribution is 2.18. The summed E-state index contributed by atoms with van der Waals surface area (Å²) < 4.78 is 2.82. The first kappa shape index (κ1) is 16.5. The molecule has 0 aliphatic heterocycles. The van der Waals surface area contributed by atoms with Crippen LogP contribution in [-0.2, 0) is 16.9 Å². The van der Waals surface area contributed by atoms with Crippen LogP contribution in [0.15, 0.2) is 22.3 Å². The second-order valence-corrected chi connectivity index (χ2v) is 7.28. The van der Waals surface area contributed by atoms with Crippen molar-refractivity contribution in [1.29, 1.82) is 0 Å². The van der Waals surface area contributed by atoms with Gasteiger partial charge in [0.1, 0.15) is 12.4 Å². The summed E-state index contributed by atoms with van der Waals surface area (Å²) in [5.41, 5.74) is -0.669. The standard InChI is InChI=1S/C15H22N4O2S/c1-10(12-7-6-8-22-12)16-13(20)9-18-11(2)17-19(14(18)21)15(3,4)5/h6-8,10H,9H2,1-5H3,(H,16,20). The summed E-state index contributed by atoms with van der Waals surface area (Å²) in [5.74, 6) is 0.346. The van der Waals surface area contributed by atoms with Crippen LogP contribution in [0.3, 0.4) is 0 Å². The van der Waals surface area contributed by atoms with Gasteiger partial charge in [0.15, 0.2) is 0 Å². The van der Waals surface area contributed by atoms with Crippen LogP contribution in [0.1, 0.15) is 44.4 Å². The molecule has 22 heavy (non-hydrogen) atoms. The van der Waals surface area contributed by atoms with Crippen molar-refractivity contribution >= 4 is 17.2 Å². The molecule has 2 aromatic rings. The maximum Gasteiger partial charge on any atom is 0.346 e. The van der Waals surface area contributed by atoms with Gasteiger partial charge < -0.3 is 5.32 Å². The van der Waals surface area contributed by atoms with Crippen molar-refractivity contribution < 1.29 is 4.79 Å².